The predicted octanol–water partition coefficient (Wildman–Crippen LogP) is 22.2. The quantitative estimate of drug-likeness (QED) is 0.0261. The molecule has 0 radical (unpaired) electrons. The Morgan fingerprint density at radius 1 is 0.260 bits per heavy atom. The number of hydrogen-bond donors (Lipinski definition) is 0. The lowest BCUT2D eigenvalue weighted by Gasteiger charge is -2.18. The van der Waals surface area contributed by atoms with Crippen LogP contribution in [-0.4, -0.2) is 37.2 Å². The van der Waals surface area contributed by atoms with Crippen LogP contribution >= 0.6 is 0 Å². The highest BCUT2D eigenvalue weighted by Crippen LogP contribution is 2.18. The van der Waals surface area contributed by atoms with Crippen LogP contribution in [0.2, 0.25) is 0 Å². The van der Waals surface area contributed by atoms with Gasteiger partial charge in [-0.1, -0.05) is 308 Å². The topological polar surface area (TPSA) is 78.9 Å². The van der Waals surface area contributed by atoms with Crippen molar-refractivity contribution in [3.05, 3.63) is 24.3 Å². The van der Waals surface area contributed by atoms with Crippen molar-refractivity contribution in [2.45, 2.75) is 374 Å². The third-order valence-corrected chi connectivity index (χ3v) is 14.9. The number of carbonyl (C=O) groups excluding carboxylic acids is 3. The van der Waals surface area contributed by atoms with E-state index < -0.39 is 6.10 Å². The van der Waals surface area contributed by atoms with Gasteiger partial charge in [-0.25, -0.2) is 0 Å². The Bertz CT molecular complexity index is 1180. The number of ether oxygens (including phenoxy) is 3. The molecular weight excluding hydrogens is 901 g/mol. The Labute approximate surface area is 455 Å². The van der Waals surface area contributed by atoms with Gasteiger partial charge < -0.3 is 14.2 Å². The predicted molar refractivity (Wildman–Crippen MR) is 316 cm³/mol. The summed E-state index contributed by atoms with van der Waals surface area (Å²) in [7, 11) is 0. The summed E-state index contributed by atoms with van der Waals surface area (Å²) < 4.78 is 16.8. The zero-order valence-electron chi connectivity index (χ0n) is 49.4. The fourth-order valence-electron chi connectivity index (χ4n) is 9.97. The van der Waals surface area contributed by atoms with Gasteiger partial charge in [0.1, 0.15) is 13.2 Å². The highest BCUT2D eigenvalue weighted by Gasteiger charge is 2.19. The molecule has 0 aliphatic heterocycles. The second-order valence-corrected chi connectivity index (χ2v) is 22.4. The van der Waals surface area contributed by atoms with Crippen molar-refractivity contribution in [3.63, 3.8) is 0 Å². The fraction of sp³-hybridized carbons (Fsp3) is 0.896. The normalized spacial score (nSPS) is 12.1. The third-order valence-electron chi connectivity index (χ3n) is 14.9. The van der Waals surface area contributed by atoms with Gasteiger partial charge in [0.05, 0.1) is 0 Å². The molecule has 6 heteroatoms. The molecule has 73 heavy (non-hydrogen) atoms. The molecule has 0 aromatic carbocycles. The molecule has 0 aromatic rings. The Morgan fingerprint density at radius 3 is 0.740 bits per heavy atom. The number of unbranched alkanes of at least 4 members (excludes halogenated alkanes) is 46. The molecule has 1 atom stereocenters. The van der Waals surface area contributed by atoms with E-state index in [1.165, 1.54) is 250 Å². The Morgan fingerprint density at radius 2 is 0.479 bits per heavy atom. The molecular formula is C67H126O6. The zero-order valence-corrected chi connectivity index (χ0v) is 49.4. The summed E-state index contributed by atoms with van der Waals surface area (Å²) in [5.74, 6) is -0.862. The van der Waals surface area contributed by atoms with E-state index in [0.29, 0.717) is 19.3 Å². The third kappa shape index (κ3) is 60.6. The SMILES string of the molecule is CCC/C=C\CCCCCCCC(=O)OC(COC(=O)CCCCCCCCCCCC)COC(=O)CCCCCCCCCCCCCCCCCCCCCCCCC/C=C\CCCCCCCCCC. The van der Waals surface area contributed by atoms with Gasteiger partial charge >= 0.3 is 17.9 Å². The number of carbonyl (C=O) groups is 3. The van der Waals surface area contributed by atoms with Crippen LogP contribution in [0.25, 0.3) is 0 Å². The number of hydrogen-bond acceptors (Lipinski definition) is 6. The van der Waals surface area contributed by atoms with Crippen molar-refractivity contribution in [1.29, 1.82) is 0 Å². The summed E-state index contributed by atoms with van der Waals surface area (Å²) >= 11 is 0. The summed E-state index contributed by atoms with van der Waals surface area (Å²) in [5, 5.41) is 0. The van der Waals surface area contributed by atoms with Crippen LogP contribution in [0.3, 0.4) is 0 Å². The van der Waals surface area contributed by atoms with Crippen LogP contribution in [0.4, 0.5) is 0 Å². The van der Waals surface area contributed by atoms with Crippen LogP contribution in [0.1, 0.15) is 367 Å². The molecule has 0 heterocycles. The minimum Gasteiger partial charge on any atom is -0.462 e. The van der Waals surface area contributed by atoms with Gasteiger partial charge in [0.25, 0.3) is 0 Å². The van der Waals surface area contributed by atoms with Crippen molar-refractivity contribution in [3.8, 4) is 0 Å². The van der Waals surface area contributed by atoms with Gasteiger partial charge in [-0.3, -0.25) is 14.4 Å². The summed E-state index contributed by atoms with van der Waals surface area (Å²) in [6, 6.07) is 0. The van der Waals surface area contributed by atoms with E-state index in [1.54, 1.807) is 0 Å². The minimum absolute atomic E-state index is 0.0693. The molecule has 0 saturated heterocycles. The second-order valence-electron chi connectivity index (χ2n) is 22.4. The van der Waals surface area contributed by atoms with Crippen molar-refractivity contribution in [1.82, 2.24) is 0 Å². The highest BCUT2D eigenvalue weighted by molar-refractivity contribution is 5.71. The molecule has 430 valence electrons. The largest absolute Gasteiger partial charge is 0.462 e. The lowest BCUT2D eigenvalue weighted by Crippen LogP contribution is -2.30. The van der Waals surface area contributed by atoms with Crippen LogP contribution in [0.15, 0.2) is 24.3 Å². The first-order valence-electron chi connectivity index (χ1n) is 32.8. The van der Waals surface area contributed by atoms with E-state index in [-0.39, 0.29) is 31.1 Å². The monoisotopic (exact) mass is 1030 g/mol. The van der Waals surface area contributed by atoms with Gasteiger partial charge in [0.2, 0.25) is 0 Å². The van der Waals surface area contributed by atoms with Crippen LogP contribution in [0, 0.1) is 0 Å². The summed E-state index contributed by atoms with van der Waals surface area (Å²) in [4.78, 5) is 38.0. The summed E-state index contributed by atoms with van der Waals surface area (Å²) in [6.45, 7) is 6.60. The first-order valence-corrected chi connectivity index (χ1v) is 32.8. The van der Waals surface area contributed by atoms with Crippen molar-refractivity contribution in [2.24, 2.45) is 0 Å². The molecule has 0 N–H and O–H groups in total. The fourth-order valence-corrected chi connectivity index (χ4v) is 9.97. The van der Waals surface area contributed by atoms with E-state index in [2.05, 4.69) is 45.1 Å². The van der Waals surface area contributed by atoms with Crippen molar-refractivity contribution in [2.75, 3.05) is 13.2 Å². The smallest absolute Gasteiger partial charge is 0.306 e. The average Bonchev–Trinajstić information content (AvgIpc) is 3.39. The zero-order chi connectivity index (χ0) is 52.9. The molecule has 0 saturated carbocycles. The van der Waals surface area contributed by atoms with Crippen LogP contribution < -0.4 is 0 Å². The van der Waals surface area contributed by atoms with Gasteiger partial charge in [-0.2, -0.15) is 0 Å². The van der Waals surface area contributed by atoms with Crippen molar-refractivity contribution < 1.29 is 28.6 Å². The minimum atomic E-state index is -0.769. The summed E-state index contributed by atoms with van der Waals surface area (Å²) in [5.41, 5.74) is 0. The molecule has 0 spiro atoms. The molecule has 0 fully saturated rings. The molecule has 0 bridgehead atoms. The van der Waals surface area contributed by atoms with Gasteiger partial charge in [0, 0.05) is 19.3 Å². The van der Waals surface area contributed by atoms with E-state index >= 15 is 0 Å². The lowest BCUT2D eigenvalue weighted by atomic mass is 10.0. The van der Waals surface area contributed by atoms with Gasteiger partial charge in [-0.05, 0) is 64.2 Å². The van der Waals surface area contributed by atoms with Gasteiger partial charge in [0.15, 0.2) is 6.10 Å². The standard InChI is InChI=1S/C67H126O6/c1-4-7-10-13-16-19-22-23-24-25-26-27-28-29-30-31-32-33-34-35-36-37-38-39-40-41-42-43-44-45-46-49-51-54-57-60-66(69)72-63-64(73-67(70)61-58-55-52-48-21-18-15-12-9-6-3)62-71-65(68)59-56-53-50-47-20-17-14-11-8-5-2/h12,15,25-26,64H,4-11,13-14,16-24,27-63H2,1-3H3/b15-12-,26-25-. The number of rotatable bonds is 61. The molecule has 0 aliphatic carbocycles. The number of esters is 3. The Balaban J connectivity index is 3.88. The van der Waals surface area contributed by atoms with E-state index in [9.17, 15) is 14.4 Å². The maximum Gasteiger partial charge on any atom is 0.306 e. The van der Waals surface area contributed by atoms with Crippen molar-refractivity contribution >= 4 is 17.9 Å². The summed E-state index contributed by atoms with van der Waals surface area (Å²) in [6.07, 6.45) is 75.3. The van der Waals surface area contributed by atoms with Gasteiger partial charge in [-0.15, -0.1) is 0 Å². The maximum atomic E-state index is 12.8. The molecule has 6 nitrogen and oxygen atoms in total. The highest BCUT2D eigenvalue weighted by atomic mass is 16.6. The lowest BCUT2D eigenvalue weighted by molar-refractivity contribution is -0.167. The first kappa shape index (κ1) is 70.9. The molecule has 0 aliphatic rings. The molecule has 1 unspecified atom stereocenters. The van der Waals surface area contributed by atoms with Crippen LogP contribution in [-0.2, 0) is 28.6 Å². The Hall–Kier alpha value is -2.11. The molecule has 0 aromatic heterocycles. The van der Waals surface area contributed by atoms with Crippen LogP contribution in [0.5, 0.6) is 0 Å². The second kappa shape index (κ2) is 62.4. The first-order chi connectivity index (χ1) is 36.0. The Kier molecular flexibility index (Phi) is 60.6. The average molecular weight is 1030 g/mol. The molecule has 0 rings (SSSR count). The number of allylic oxidation sites excluding steroid dienone is 4. The van der Waals surface area contributed by atoms with E-state index in [1.807, 2.05) is 0 Å². The maximum absolute atomic E-state index is 12.8. The molecule has 0 amide bonds. The van der Waals surface area contributed by atoms with E-state index in [0.717, 1.165) is 77.0 Å². The van der Waals surface area contributed by atoms with E-state index in [4.69, 9.17) is 14.2 Å².